The lowest BCUT2D eigenvalue weighted by Crippen LogP contribution is -2.06. The molecule has 0 radical (unpaired) electrons. The highest BCUT2D eigenvalue weighted by atomic mass is 127. The van der Waals surface area contributed by atoms with Crippen molar-refractivity contribution in [3.05, 3.63) is 0 Å². The third kappa shape index (κ3) is 12.5. The summed E-state index contributed by atoms with van der Waals surface area (Å²) >= 11 is 2.32. The Hall–Kier alpha value is 0.520. The van der Waals surface area contributed by atoms with Crippen LogP contribution < -0.4 is 0 Å². The molecule has 0 fully saturated rings. The standard InChI is InChI=1S/C9H16F3I/c10-9(11,12)7-5-3-1-2-4-6-8-13/h1-8H2. The normalized spacial score (nSPS) is 12.0. The Morgan fingerprint density at radius 3 is 1.69 bits per heavy atom. The third-order valence-electron chi connectivity index (χ3n) is 1.84. The fourth-order valence-corrected chi connectivity index (χ4v) is 1.67. The minimum absolute atomic E-state index is 0.299. The van der Waals surface area contributed by atoms with Gasteiger partial charge in [-0.25, -0.2) is 0 Å². The topological polar surface area (TPSA) is 0 Å². The van der Waals surface area contributed by atoms with Crippen molar-refractivity contribution in [2.45, 2.75) is 51.1 Å². The van der Waals surface area contributed by atoms with E-state index in [1.807, 2.05) is 0 Å². The lowest BCUT2D eigenvalue weighted by Gasteiger charge is -2.05. The van der Waals surface area contributed by atoms with Crippen LogP contribution in [0.2, 0.25) is 0 Å². The first-order valence-electron chi connectivity index (χ1n) is 4.69. The van der Waals surface area contributed by atoms with Gasteiger partial charge in [0.2, 0.25) is 0 Å². The molecule has 0 aromatic carbocycles. The van der Waals surface area contributed by atoms with Crippen LogP contribution in [0.3, 0.4) is 0 Å². The molecule has 0 spiro atoms. The summed E-state index contributed by atoms with van der Waals surface area (Å²) in [5.74, 6) is 0. The van der Waals surface area contributed by atoms with Gasteiger partial charge in [-0.3, -0.25) is 0 Å². The van der Waals surface area contributed by atoms with E-state index in [2.05, 4.69) is 22.6 Å². The van der Waals surface area contributed by atoms with Crippen molar-refractivity contribution in [3.63, 3.8) is 0 Å². The van der Waals surface area contributed by atoms with E-state index in [0.717, 1.165) is 30.1 Å². The lowest BCUT2D eigenvalue weighted by molar-refractivity contribution is -0.135. The molecule has 0 bridgehead atoms. The van der Waals surface area contributed by atoms with Gasteiger partial charge in [0.25, 0.3) is 0 Å². The van der Waals surface area contributed by atoms with Crippen LogP contribution in [-0.4, -0.2) is 10.6 Å². The summed E-state index contributed by atoms with van der Waals surface area (Å²) in [7, 11) is 0. The summed E-state index contributed by atoms with van der Waals surface area (Å²) in [6, 6.07) is 0. The van der Waals surface area contributed by atoms with E-state index < -0.39 is 12.6 Å². The van der Waals surface area contributed by atoms with Crippen LogP contribution in [0.25, 0.3) is 0 Å². The van der Waals surface area contributed by atoms with Crippen LogP contribution in [0.15, 0.2) is 0 Å². The summed E-state index contributed by atoms with van der Waals surface area (Å²) in [6.07, 6.45) is 0.846. The third-order valence-corrected chi connectivity index (χ3v) is 2.61. The van der Waals surface area contributed by atoms with Gasteiger partial charge in [0.1, 0.15) is 0 Å². The Morgan fingerprint density at radius 2 is 1.23 bits per heavy atom. The van der Waals surface area contributed by atoms with Crippen LogP contribution in [0.4, 0.5) is 13.2 Å². The van der Waals surface area contributed by atoms with Gasteiger partial charge in [-0.05, 0) is 17.3 Å². The first-order valence-corrected chi connectivity index (χ1v) is 6.21. The fourth-order valence-electron chi connectivity index (χ4n) is 1.13. The number of rotatable bonds is 7. The number of alkyl halides is 4. The van der Waals surface area contributed by atoms with E-state index in [1.54, 1.807) is 0 Å². The molecule has 0 amide bonds. The largest absolute Gasteiger partial charge is 0.389 e. The van der Waals surface area contributed by atoms with E-state index in [0.29, 0.717) is 6.42 Å². The smallest absolute Gasteiger partial charge is 0.171 e. The van der Waals surface area contributed by atoms with E-state index in [9.17, 15) is 13.2 Å². The van der Waals surface area contributed by atoms with Crippen LogP contribution in [0.1, 0.15) is 44.9 Å². The average Bonchev–Trinajstić information content (AvgIpc) is 2.01. The average molecular weight is 308 g/mol. The monoisotopic (exact) mass is 308 g/mol. The van der Waals surface area contributed by atoms with Crippen molar-refractivity contribution in [2.24, 2.45) is 0 Å². The van der Waals surface area contributed by atoms with Gasteiger partial charge in [-0.1, -0.05) is 48.3 Å². The van der Waals surface area contributed by atoms with Crippen molar-refractivity contribution in [1.82, 2.24) is 0 Å². The Labute approximate surface area is 91.4 Å². The molecule has 0 saturated carbocycles. The van der Waals surface area contributed by atoms with Gasteiger partial charge in [-0.15, -0.1) is 0 Å². The van der Waals surface area contributed by atoms with Crippen molar-refractivity contribution >= 4 is 22.6 Å². The summed E-state index contributed by atoms with van der Waals surface area (Å²) in [5, 5.41) is 0. The predicted molar refractivity (Wildman–Crippen MR) is 57.3 cm³/mol. The Balaban J connectivity index is 3.00. The zero-order valence-corrected chi connectivity index (χ0v) is 9.83. The molecule has 0 atom stereocenters. The van der Waals surface area contributed by atoms with Gasteiger partial charge in [0.15, 0.2) is 0 Å². The van der Waals surface area contributed by atoms with Gasteiger partial charge in [0, 0.05) is 6.42 Å². The lowest BCUT2D eigenvalue weighted by atomic mass is 10.1. The van der Waals surface area contributed by atoms with E-state index in [1.165, 1.54) is 6.42 Å². The fraction of sp³-hybridized carbons (Fsp3) is 1.00. The Kier molecular flexibility index (Phi) is 8.20. The number of hydrogen-bond acceptors (Lipinski definition) is 0. The molecule has 0 N–H and O–H groups in total. The maximum atomic E-state index is 11.7. The van der Waals surface area contributed by atoms with Crippen LogP contribution in [0.5, 0.6) is 0 Å². The molecule has 0 aliphatic rings. The van der Waals surface area contributed by atoms with Crippen LogP contribution >= 0.6 is 22.6 Å². The van der Waals surface area contributed by atoms with Crippen molar-refractivity contribution in [1.29, 1.82) is 0 Å². The Morgan fingerprint density at radius 1 is 0.769 bits per heavy atom. The molecule has 80 valence electrons. The number of unbranched alkanes of at least 4 members (excludes halogenated alkanes) is 5. The molecule has 0 aromatic heterocycles. The van der Waals surface area contributed by atoms with Crippen molar-refractivity contribution in [3.8, 4) is 0 Å². The summed E-state index contributed by atoms with van der Waals surface area (Å²) in [5.41, 5.74) is 0. The molecule has 0 heterocycles. The minimum atomic E-state index is -3.96. The van der Waals surface area contributed by atoms with Gasteiger partial charge in [0.05, 0.1) is 0 Å². The first-order chi connectivity index (χ1) is 6.06. The maximum Gasteiger partial charge on any atom is 0.389 e. The second-order valence-electron chi connectivity index (χ2n) is 3.18. The van der Waals surface area contributed by atoms with Crippen LogP contribution in [-0.2, 0) is 0 Å². The summed E-state index contributed by atoms with van der Waals surface area (Å²) < 4.78 is 36.2. The number of halogens is 4. The SMILES string of the molecule is FC(F)(F)CCCCCCCCI. The first kappa shape index (κ1) is 13.5. The molecule has 0 rings (SSSR count). The molecule has 0 nitrogen and oxygen atoms in total. The summed E-state index contributed by atoms with van der Waals surface area (Å²) in [6.45, 7) is 0. The second-order valence-corrected chi connectivity index (χ2v) is 4.25. The highest BCUT2D eigenvalue weighted by molar-refractivity contribution is 14.1. The highest BCUT2D eigenvalue weighted by Gasteiger charge is 2.25. The Bertz CT molecular complexity index is 112. The minimum Gasteiger partial charge on any atom is -0.171 e. The molecule has 0 unspecified atom stereocenters. The molecule has 0 aromatic rings. The zero-order valence-electron chi connectivity index (χ0n) is 7.67. The van der Waals surface area contributed by atoms with Crippen LogP contribution in [0, 0.1) is 0 Å². The van der Waals surface area contributed by atoms with Gasteiger partial charge < -0.3 is 0 Å². The van der Waals surface area contributed by atoms with Gasteiger partial charge >= 0.3 is 6.18 Å². The molecule has 0 aliphatic heterocycles. The zero-order chi connectivity index (χ0) is 10.2. The molecule has 4 heteroatoms. The predicted octanol–water partition coefficient (Wildman–Crippen LogP) is 4.71. The molecular formula is C9H16F3I. The second kappa shape index (κ2) is 7.88. The van der Waals surface area contributed by atoms with Crippen molar-refractivity contribution in [2.75, 3.05) is 4.43 Å². The van der Waals surface area contributed by atoms with E-state index in [-0.39, 0.29) is 0 Å². The molecule has 13 heavy (non-hydrogen) atoms. The van der Waals surface area contributed by atoms with Crippen molar-refractivity contribution < 1.29 is 13.2 Å². The highest BCUT2D eigenvalue weighted by Crippen LogP contribution is 2.23. The quantitative estimate of drug-likeness (QED) is 0.363. The van der Waals surface area contributed by atoms with E-state index >= 15 is 0 Å². The number of hydrogen-bond donors (Lipinski definition) is 0. The summed E-state index contributed by atoms with van der Waals surface area (Å²) in [4.78, 5) is 0. The maximum absolute atomic E-state index is 11.7. The molecule has 0 aliphatic carbocycles. The van der Waals surface area contributed by atoms with Gasteiger partial charge in [-0.2, -0.15) is 13.2 Å². The molecule has 0 saturated heterocycles. The molecular weight excluding hydrogens is 292 g/mol. The van der Waals surface area contributed by atoms with E-state index in [4.69, 9.17) is 0 Å².